The van der Waals surface area contributed by atoms with E-state index >= 15 is 0 Å². The number of aryl methyl sites for hydroxylation is 1. The minimum absolute atomic E-state index is 0.0390. The van der Waals surface area contributed by atoms with Crippen molar-refractivity contribution in [3.05, 3.63) is 64.5 Å². The number of fused-ring (bicyclic) bond motifs is 2. The lowest BCUT2D eigenvalue weighted by Crippen LogP contribution is -2.51. The minimum atomic E-state index is -1.12. The molecule has 2 aliphatic heterocycles. The predicted molar refractivity (Wildman–Crippen MR) is 111 cm³/mol. The Kier molecular flexibility index (Phi) is 5.27. The highest BCUT2D eigenvalue weighted by atomic mass is 32.2. The summed E-state index contributed by atoms with van der Waals surface area (Å²) >= 11 is 1.14. The molecule has 2 heterocycles. The predicted octanol–water partition coefficient (Wildman–Crippen LogP) is 3.91. The first-order valence-corrected chi connectivity index (χ1v) is 10.4. The van der Waals surface area contributed by atoms with Gasteiger partial charge in [0.15, 0.2) is 0 Å². The number of hydrazone groups is 1. The van der Waals surface area contributed by atoms with Gasteiger partial charge in [0.1, 0.15) is 27.4 Å². The van der Waals surface area contributed by atoms with Gasteiger partial charge in [0.25, 0.3) is 0 Å². The Morgan fingerprint density at radius 3 is 2.77 bits per heavy atom. The SMILES string of the molecule is CC(=O)N1N=C(c2cc(F)ccc2F)SC12c1cc(F)cc(C)c1NCC2CCN. The number of thioether (sulfide) groups is 1. The van der Waals surface area contributed by atoms with Gasteiger partial charge >= 0.3 is 0 Å². The third-order valence-electron chi connectivity index (χ3n) is 5.49. The van der Waals surface area contributed by atoms with E-state index in [0.717, 1.165) is 30.0 Å². The van der Waals surface area contributed by atoms with Gasteiger partial charge in [-0.3, -0.25) is 4.79 Å². The number of carbonyl (C=O) groups is 1. The molecule has 2 aromatic carbocycles. The molecule has 2 aliphatic rings. The van der Waals surface area contributed by atoms with Crippen LogP contribution >= 0.6 is 11.8 Å². The number of amides is 1. The molecule has 2 aromatic rings. The fourth-order valence-corrected chi connectivity index (χ4v) is 5.80. The van der Waals surface area contributed by atoms with Gasteiger partial charge in [-0.2, -0.15) is 5.10 Å². The third-order valence-corrected chi connectivity index (χ3v) is 7.03. The normalized spacial score (nSPS) is 22.7. The zero-order valence-electron chi connectivity index (χ0n) is 16.5. The van der Waals surface area contributed by atoms with Crippen molar-refractivity contribution in [3.8, 4) is 0 Å². The minimum Gasteiger partial charge on any atom is -0.384 e. The molecule has 0 aromatic heterocycles. The molecule has 0 radical (unpaired) electrons. The summed E-state index contributed by atoms with van der Waals surface area (Å²) in [6, 6.07) is 5.88. The van der Waals surface area contributed by atoms with E-state index in [-0.39, 0.29) is 22.4 Å². The molecule has 0 aliphatic carbocycles. The van der Waals surface area contributed by atoms with Crippen LogP contribution in [0.3, 0.4) is 0 Å². The molecular weight excluding hydrogens is 413 g/mol. The molecule has 3 N–H and O–H groups in total. The van der Waals surface area contributed by atoms with Crippen LogP contribution in [0, 0.1) is 30.3 Å². The lowest BCUT2D eigenvalue weighted by Gasteiger charge is -2.46. The molecule has 4 rings (SSSR count). The van der Waals surface area contributed by atoms with Crippen LogP contribution in [0.5, 0.6) is 0 Å². The van der Waals surface area contributed by atoms with Gasteiger partial charge in [0, 0.05) is 36.2 Å². The van der Waals surface area contributed by atoms with Gasteiger partial charge in [-0.25, -0.2) is 18.2 Å². The van der Waals surface area contributed by atoms with E-state index in [1.54, 1.807) is 6.92 Å². The highest BCUT2D eigenvalue weighted by Crippen LogP contribution is 2.57. The number of nitrogens with two attached hydrogens (primary N) is 1. The number of nitrogens with zero attached hydrogens (tertiary/aromatic N) is 2. The van der Waals surface area contributed by atoms with Crippen molar-refractivity contribution in [2.24, 2.45) is 16.8 Å². The Labute approximate surface area is 176 Å². The number of hydrogen-bond acceptors (Lipinski definition) is 5. The number of nitrogens with one attached hydrogen (secondary N) is 1. The molecule has 0 bridgehead atoms. The molecule has 5 nitrogen and oxygen atoms in total. The smallest absolute Gasteiger partial charge is 0.241 e. The summed E-state index contributed by atoms with van der Waals surface area (Å²) < 4.78 is 42.8. The second kappa shape index (κ2) is 7.63. The number of anilines is 1. The molecule has 0 fully saturated rings. The van der Waals surface area contributed by atoms with Crippen LogP contribution < -0.4 is 11.1 Å². The van der Waals surface area contributed by atoms with Crippen molar-refractivity contribution in [1.82, 2.24) is 5.01 Å². The molecule has 30 heavy (non-hydrogen) atoms. The van der Waals surface area contributed by atoms with Crippen LogP contribution in [-0.4, -0.2) is 29.0 Å². The maximum absolute atomic E-state index is 14.5. The van der Waals surface area contributed by atoms with Crippen molar-refractivity contribution in [1.29, 1.82) is 0 Å². The average molecular weight is 434 g/mol. The molecule has 2 atom stereocenters. The van der Waals surface area contributed by atoms with Gasteiger partial charge in [-0.1, -0.05) is 11.8 Å². The number of benzene rings is 2. The summed E-state index contributed by atoms with van der Waals surface area (Å²) in [6.45, 7) is 3.94. The monoisotopic (exact) mass is 434 g/mol. The van der Waals surface area contributed by atoms with Crippen molar-refractivity contribution < 1.29 is 18.0 Å². The topological polar surface area (TPSA) is 70.7 Å². The maximum Gasteiger partial charge on any atom is 0.241 e. The molecular formula is C21H21F3N4OS. The standard InChI is InChI=1S/C21H21F3N4OS/c1-11-7-15(23)9-17-19(11)26-10-13(5-6-25)21(17)28(12(2)29)27-20(30-21)16-8-14(22)3-4-18(16)24/h3-4,7-9,13,26H,5-6,10,25H2,1-2H3. The first-order chi connectivity index (χ1) is 14.3. The lowest BCUT2D eigenvalue weighted by atomic mass is 9.83. The Bertz CT molecular complexity index is 1060. The van der Waals surface area contributed by atoms with Gasteiger partial charge in [-0.15, -0.1) is 0 Å². The van der Waals surface area contributed by atoms with E-state index < -0.39 is 22.3 Å². The molecule has 0 saturated heterocycles. The van der Waals surface area contributed by atoms with Gasteiger partial charge < -0.3 is 11.1 Å². The first-order valence-electron chi connectivity index (χ1n) is 9.56. The average Bonchev–Trinajstić information content (AvgIpc) is 3.08. The Hall–Kier alpha value is -2.52. The molecule has 1 spiro atoms. The fourth-order valence-electron chi connectivity index (χ4n) is 4.22. The Morgan fingerprint density at radius 2 is 2.07 bits per heavy atom. The van der Waals surface area contributed by atoms with Gasteiger partial charge in [0.2, 0.25) is 5.91 Å². The highest BCUT2D eigenvalue weighted by molar-refractivity contribution is 8.15. The van der Waals surface area contributed by atoms with Crippen LogP contribution in [0.15, 0.2) is 35.4 Å². The van der Waals surface area contributed by atoms with Gasteiger partial charge in [-0.05, 0) is 55.8 Å². The Morgan fingerprint density at radius 1 is 1.30 bits per heavy atom. The molecule has 158 valence electrons. The zero-order chi connectivity index (χ0) is 21.6. The molecule has 2 unspecified atom stereocenters. The van der Waals surface area contributed by atoms with E-state index in [1.165, 1.54) is 24.1 Å². The van der Waals surface area contributed by atoms with Crippen LogP contribution in [0.2, 0.25) is 0 Å². The first kappa shape index (κ1) is 20.7. The van der Waals surface area contributed by atoms with E-state index in [0.29, 0.717) is 36.3 Å². The number of halogens is 3. The molecule has 9 heteroatoms. The third kappa shape index (κ3) is 3.16. The van der Waals surface area contributed by atoms with Crippen molar-refractivity contribution in [3.63, 3.8) is 0 Å². The molecule has 0 saturated carbocycles. The highest BCUT2D eigenvalue weighted by Gasteiger charge is 2.56. The fraction of sp³-hybridized carbons (Fsp3) is 0.333. The van der Waals surface area contributed by atoms with Crippen LogP contribution in [0.1, 0.15) is 30.0 Å². The van der Waals surface area contributed by atoms with E-state index in [4.69, 9.17) is 5.73 Å². The van der Waals surface area contributed by atoms with Crippen molar-refractivity contribution in [2.75, 3.05) is 18.4 Å². The zero-order valence-corrected chi connectivity index (χ0v) is 17.3. The largest absolute Gasteiger partial charge is 0.384 e. The lowest BCUT2D eigenvalue weighted by molar-refractivity contribution is -0.133. The van der Waals surface area contributed by atoms with Crippen LogP contribution in [0.25, 0.3) is 0 Å². The summed E-state index contributed by atoms with van der Waals surface area (Å²) in [4.78, 5) is 11.6. The van der Waals surface area contributed by atoms with Crippen molar-refractivity contribution in [2.45, 2.75) is 25.1 Å². The summed E-state index contributed by atoms with van der Waals surface area (Å²) in [5.74, 6) is -2.33. The van der Waals surface area contributed by atoms with Crippen molar-refractivity contribution >= 4 is 28.4 Å². The second-order valence-electron chi connectivity index (χ2n) is 7.46. The molecule has 1 amide bonds. The summed E-state index contributed by atoms with van der Waals surface area (Å²) in [5.41, 5.74) is 7.74. The Balaban J connectivity index is 1.94. The second-order valence-corrected chi connectivity index (χ2v) is 8.67. The summed E-state index contributed by atoms with van der Waals surface area (Å²) in [5, 5.41) is 9.15. The number of carbonyl (C=O) groups excluding carboxylic acids is 1. The number of rotatable bonds is 3. The summed E-state index contributed by atoms with van der Waals surface area (Å²) in [7, 11) is 0. The van der Waals surface area contributed by atoms with E-state index in [2.05, 4.69) is 10.4 Å². The van der Waals surface area contributed by atoms with E-state index in [9.17, 15) is 18.0 Å². The van der Waals surface area contributed by atoms with E-state index in [1.807, 2.05) is 0 Å². The van der Waals surface area contributed by atoms with Crippen LogP contribution in [-0.2, 0) is 9.67 Å². The number of hydrogen-bond donors (Lipinski definition) is 2. The van der Waals surface area contributed by atoms with Gasteiger partial charge in [0.05, 0.1) is 0 Å². The quantitative estimate of drug-likeness (QED) is 0.769. The van der Waals surface area contributed by atoms with Crippen LogP contribution in [0.4, 0.5) is 18.9 Å². The summed E-state index contributed by atoms with van der Waals surface area (Å²) in [6.07, 6.45) is 0.521. The maximum atomic E-state index is 14.5.